The van der Waals surface area contributed by atoms with E-state index in [1.165, 1.54) is 12.8 Å². The third kappa shape index (κ3) is 3.58. The van der Waals surface area contributed by atoms with Gasteiger partial charge in [0.05, 0.1) is 0 Å². The molecule has 1 aliphatic carbocycles. The van der Waals surface area contributed by atoms with Gasteiger partial charge in [0.25, 0.3) is 5.91 Å². The van der Waals surface area contributed by atoms with Crippen molar-refractivity contribution < 1.29 is 9.90 Å². The number of nitrogens with one attached hydrogen (secondary N) is 1. The van der Waals surface area contributed by atoms with Gasteiger partial charge in [0.1, 0.15) is 0 Å². The Morgan fingerprint density at radius 3 is 2.45 bits per heavy atom. The molecule has 1 amide bonds. The van der Waals surface area contributed by atoms with Crippen LogP contribution >= 0.6 is 0 Å². The first kappa shape index (κ1) is 15.0. The van der Waals surface area contributed by atoms with E-state index in [-0.39, 0.29) is 17.9 Å². The molecule has 1 saturated carbocycles. The Balaban J connectivity index is 1.93. The Hall–Kier alpha value is -1.39. The number of carbonyl (C=O) groups is 1. The van der Waals surface area contributed by atoms with Crippen LogP contribution < -0.4 is 11.1 Å². The molecular formula is C16H24N2O2. The van der Waals surface area contributed by atoms with Gasteiger partial charge < -0.3 is 16.2 Å². The van der Waals surface area contributed by atoms with Crippen molar-refractivity contribution in [1.82, 2.24) is 5.32 Å². The highest BCUT2D eigenvalue weighted by Crippen LogP contribution is 2.40. The molecule has 0 atom stereocenters. The second-order valence-electron chi connectivity index (χ2n) is 5.76. The van der Waals surface area contributed by atoms with Gasteiger partial charge in [-0.25, -0.2) is 0 Å². The van der Waals surface area contributed by atoms with Gasteiger partial charge >= 0.3 is 0 Å². The molecule has 2 rings (SSSR count). The SMILES string of the molecule is NCc1ccc(C(=O)NCC2(CCO)CCCC2)cc1. The summed E-state index contributed by atoms with van der Waals surface area (Å²) in [6.07, 6.45) is 5.36. The zero-order valence-electron chi connectivity index (χ0n) is 11.9. The first-order chi connectivity index (χ1) is 9.69. The predicted molar refractivity (Wildman–Crippen MR) is 79.3 cm³/mol. The predicted octanol–water partition coefficient (Wildman–Crippen LogP) is 1.82. The topological polar surface area (TPSA) is 75.4 Å². The highest BCUT2D eigenvalue weighted by molar-refractivity contribution is 5.94. The molecule has 0 spiro atoms. The van der Waals surface area contributed by atoms with Crippen LogP contribution in [0.5, 0.6) is 0 Å². The molecule has 20 heavy (non-hydrogen) atoms. The summed E-state index contributed by atoms with van der Waals surface area (Å²) in [6.45, 7) is 1.34. The van der Waals surface area contributed by atoms with Gasteiger partial charge in [-0.15, -0.1) is 0 Å². The number of carbonyl (C=O) groups excluding carboxylic acids is 1. The first-order valence-electron chi connectivity index (χ1n) is 7.37. The number of aliphatic hydroxyl groups is 1. The molecule has 1 aliphatic rings. The fourth-order valence-electron chi connectivity index (χ4n) is 3.04. The maximum absolute atomic E-state index is 12.1. The van der Waals surface area contributed by atoms with E-state index in [2.05, 4.69) is 5.32 Å². The molecule has 1 aromatic carbocycles. The standard InChI is InChI=1S/C16H24N2O2/c17-11-13-3-5-14(6-4-13)15(20)18-12-16(9-10-19)7-1-2-8-16/h3-6,19H,1-2,7-12,17H2,(H,18,20). The van der Waals surface area contributed by atoms with Crippen molar-refractivity contribution in [3.63, 3.8) is 0 Å². The van der Waals surface area contributed by atoms with E-state index in [0.717, 1.165) is 24.8 Å². The van der Waals surface area contributed by atoms with E-state index in [4.69, 9.17) is 5.73 Å². The Bertz CT molecular complexity index is 436. The molecule has 0 heterocycles. The summed E-state index contributed by atoms with van der Waals surface area (Å²) in [7, 11) is 0. The second kappa shape index (κ2) is 6.86. The van der Waals surface area contributed by atoms with Crippen molar-refractivity contribution in [3.8, 4) is 0 Å². The summed E-state index contributed by atoms with van der Waals surface area (Å²) in [5.74, 6) is -0.0437. The molecular weight excluding hydrogens is 252 g/mol. The first-order valence-corrected chi connectivity index (χ1v) is 7.37. The molecule has 4 N–H and O–H groups in total. The van der Waals surface area contributed by atoms with Crippen LogP contribution in [0, 0.1) is 5.41 Å². The molecule has 0 radical (unpaired) electrons. The van der Waals surface area contributed by atoms with E-state index >= 15 is 0 Å². The molecule has 0 saturated heterocycles. The van der Waals surface area contributed by atoms with E-state index in [9.17, 15) is 9.90 Å². The molecule has 4 nitrogen and oxygen atoms in total. The Labute approximate surface area is 120 Å². The van der Waals surface area contributed by atoms with Crippen molar-refractivity contribution in [2.75, 3.05) is 13.2 Å². The van der Waals surface area contributed by atoms with Crippen LogP contribution in [0.25, 0.3) is 0 Å². The lowest BCUT2D eigenvalue weighted by atomic mass is 9.83. The Morgan fingerprint density at radius 2 is 1.90 bits per heavy atom. The lowest BCUT2D eigenvalue weighted by molar-refractivity contribution is 0.0916. The zero-order chi connectivity index (χ0) is 14.4. The number of aliphatic hydroxyl groups excluding tert-OH is 1. The van der Waals surface area contributed by atoms with E-state index in [1.807, 2.05) is 24.3 Å². The Kier molecular flexibility index (Phi) is 5.15. The molecule has 0 aliphatic heterocycles. The third-order valence-corrected chi connectivity index (χ3v) is 4.38. The van der Waals surface area contributed by atoms with Crippen molar-refractivity contribution in [3.05, 3.63) is 35.4 Å². The number of benzene rings is 1. The number of nitrogens with two attached hydrogens (primary N) is 1. The summed E-state index contributed by atoms with van der Waals surface area (Å²) in [5, 5.41) is 12.2. The lowest BCUT2D eigenvalue weighted by Gasteiger charge is -2.28. The monoisotopic (exact) mass is 276 g/mol. The van der Waals surface area contributed by atoms with Gasteiger partial charge in [-0.1, -0.05) is 25.0 Å². The maximum atomic E-state index is 12.1. The minimum atomic E-state index is -0.0437. The van der Waals surface area contributed by atoms with Crippen LogP contribution in [0.2, 0.25) is 0 Å². The highest BCUT2D eigenvalue weighted by atomic mass is 16.3. The van der Waals surface area contributed by atoms with Gasteiger partial charge in [0.15, 0.2) is 0 Å². The molecule has 0 unspecified atom stereocenters. The van der Waals surface area contributed by atoms with Crippen molar-refractivity contribution in [2.24, 2.45) is 11.1 Å². The van der Waals surface area contributed by atoms with Crippen molar-refractivity contribution in [2.45, 2.75) is 38.6 Å². The average Bonchev–Trinajstić information content (AvgIpc) is 2.94. The minimum Gasteiger partial charge on any atom is -0.396 e. The fourth-order valence-corrected chi connectivity index (χ4v) is 3.04. The molecule has 4 heteroatoms. The van der Waals surface area contributed by atoms with Crippen LogP contribution in [-0.4, -0.2) is 24.2 Å². The van der Waals surface area contributed by atoms with Crippen molar-refractivity contribution >= 4 is 5.91 Å². The number of rotatable bonds is 6. The van der Waals surface area contributed by atoms with Crippen LogP contribution in [0.3, 0.4) is 0 Å². The van der Waals surface area contributed by atoms with Gasteiger partial charge in [-0.3, -0.25) is 4.79 Å². The van der Waals surface area contributed by atoms with Gasteiger partial charge in [0.2, 0.25) is 0 Å². The molecule has 110 valence electrons. The smallest absolute Gasteiger partial charge is 0.251 e. The number of hydrogen-bond donors (Lipinski definition) is 3. The number of amides is 1. The van der Waals surface area contributed by atoms with Crippen molar-refractivity contribution in [1.29, 1.82) is 0 Å². The van der Waals surface area contributed by atoms with Gasteiger partial charge in [-0.05, 0) is 42.4 Å². The van der Waals surface area contributed by atoms with E-state index in [1.54, 1.807) is 0 Å². The minimum absolute atomic E-state index is 0.0437. The molecule has 1 fully saturated rings. The summed E-state index contributed by atoms with van der Waals surface area (Å²) in [4.78, 5) is 12.1. The lowest BCUT2D eigenvalue weighted by Crippen LogP contribution is -2.36. The zero-order valence-corrected chi connectivity index (χ0v) is 11.9. The van der Waals surface area contributed by atoms with Crippen LogP contribution in [0.15, 0.2) is 24.3 Å². The Morgan fingerprint density at radius 1 is 1.25 bits per heavy atom. The van der Waals surface area contributed by atoms with Gasteiger partial charge in [-0.2, -0.15) is 0 Å². The quantitative estimate of drug-likeness (QED) is 0.742. The molecule has 0 aromatic heterocycles. The number of hydrogen-bond acceptors (Lipinski definition) is 3. The maximum Gasteiger partial charge on any atom is 0.251 e. The summed E-state index contributed by atoms with van der Waals surface area (Å²) >= 11 is 0. The second-order valence-corrected chi connectivity index (χ2v) is 5.76. The molecule has 0 bridgehead atoms. The summed E-state index contributed by atoms with van der Waals surface area (Å²) in [6, 6.07) is 7.39. The highest BCUT2D eigenvalue weighted by Gasteiger charge is 2.33. The largest absolute Gasteiger partial charge is 0.396 e. The normalized spacial score (nSPS) is 17.1. The van der Waals surface area contributed by atoms with Crippen LogP contribution in [0.4, 0.5) is 0 Å². The van der Waals surface area contributed by atoms with Gasteiger partial charge in [0, 0.05) is 25.3 Å². The van der Waals surface area contributed by atoms with Crippen LogP contribution in [-0.2, 0) is 6.54 Å². The summed E-state index contributed by atoms with van der Waals surface area (Å²) in [5.41, 5.74) is 7.33. The molecule has 1 aromatic rings. The third-order valence-electron chi connectivity index (χ3n) is 4.38. The average molecular weight is 276 g/mol. The fraction of sp³-hybridized carbons (Fsp3) is 0.562. The summed E-state index contributed by atoms with van der Waals surface area (Å²) < 4.78 is 0. The van der Waals surface area contributed by atoms with E-state index in [0.29, 0.717) is 18.7 Å². The van der Waals surface area contributed by atoms with Crippen LogP contribution in [0.1, 0.15) is 48.0 Å². The van der Waals surface area contributed by atoms with E-state index < -0.39 is 0 Å².